The Kier molecular flexibility index (Phi) is 3.88. The molecule has 0 saturated heterocycles. The van der Waals surface area contributed by atoms with Crippen LogP contribution in [0, 0.1) is 20.6 Å². The summed E-state index contributed by atoms with van der Waals surface area (Å²) in [4.78, 5) is 13.4. The third-order valence-electron chi connectivity index (χ3n) is 3.50. The molecule has 0 aliphatic heterocycles. The van der Waals surface area contributed by atoms with Crippen LogP contribution < -0.4 is 0 Å². The fourth-order valence-corrected chi connectivity index (χ4v) is 5.03. The molecule has 8 heteroatoms. The normalized spacial score (nSPS) is 11.7. The highest BCUT2D eigenvalue weighted by atomic mass is 127. The van der Waals surface area contributed by atoms with E-state index >= 15 is 0 Å². The van der Waals surface area contributed by atoms with Crippen molar-refractivity contribution in [3.8, 4) is 0 Å². The van der Waals surface area contributed by atoms with Gasteiger partial charge in [-0.3, -0.25) is 10.1 Å². The summed E-state index contributed by atoms with van der Waals surface area (Å²) < 4.78 is 26.0. The highest BCUT2D eigenvalue weighted by molar-refractivity contribution is 14.1. The van der Waals surface area contributed by atoms with Crippen molar-refractivity contribution < 1.29 is 13.3 Å². The smallest absolute Gasteiger partial charge is 0.270 e. The fraction of sp³-hybridized carbons (Fsp3) is 0.0667. The van der Waals surface area contributed by atoms with E-state index in [2.05, 4.69) is 4.98 Å². The molecule has 0 spiro atoms. The molecule has 118 valence electrons. The van der Waals surface area contributed by atoms with E-state index in [9.17, 15) is 18.5 Å². The van der Waals surface area contributed by atoms with Crippen LogP contribution in [0.2, 0.25) is 0 Å². The van der Waals surface area contributed by atoms with Crippen molar-refractivity contribution in [2.75, 3.05) is 0 Å². The molecule has 0 saturated carbocycles. The number of hydrogen-bond donors (Lipinski definition) is 1. The third-order valence-corrected chi connectivity index (χ3v) is 6.72. The summed E-state index contributed by atoms with van der Waals surface area (Å²) >= 11 is 1.90. The van der Waals surface area contributed by atoms with Gasteiger partial charge in [-0.2, -0.15) is 0 Å². The lowest BCUT2D eigenvalue weighted by Crippen LogP contribution is -2.04. The number of nitrogens with one attached hydrogen (secondary N) is 1. The molecule has 0 bridgehead atoms. The highest BCUT2D eigenvalue weighted by Crippen LogP contribution is 2.32. The van der Waals surface area contributed by atoms with Crippen molar-refractivity contribution in [3.63, 3.8) is 0 Å². The van der Waals surface area contributed by atoms with Crippen molar-refractivity contribution in [1.29, 1.82) is 0 Å². The molecule has 0 aliphatic rings. The van der Waals surface area contributed by atoms with Crippen molar-refractivity contribution in [1.82, 2.24) is 4.98 Å². The maximum Gasteiger partial charge on any atom is 0.270 e. The van der Waals surface area contributed by atoms with E-state index in [4.69, 9.17) is 0 Å². The van der Waals surface area contributed by atoms with Crippen molar-refractivity contribution in [3.05, 3.63) is 61.7 Å². The lowest BCUT2D eigenvalue weighted by molar-refractivity contribution is -0.384. The van der Waals surface area contributed by atoms with Gasteiger partial charge in [0.1, 0.15) is 0 Å². The molecule has 3 aromatic rings. The van der Waals surface area contributed by atoms with Gasteiger partial charge in [-0.1, -0.05) is 17.7 Å². The molecule has 3 rings (SSSR count). The number of aryl methyl sites for hydroxylation is 1. The van der Waals surface area contributed by atoms with Crippen LogP contribution >= 0.6 is 22.6 Å². The first-order valence-corrected chi connectivity index (χ1v) is 9.14. The maximum atomic E-state index is 12.8. The lowest BCUT2D eigenvalue weighted by Gasteiger charge is -2.03. The Balaban J connectivity index is 2.21. The second-order valence-corrected chi connectivity index (χ2v) is 8.04. The molecule has 1 N–H and O–H groups in total. The largest absolute Gasteiger partial charge is 0.344 e. The standard InChI is InChI=1S/C15H11IN2O4S/c1-9-2-5-11(6-3-9)23(21,22)15-14(16)12-8-10(18(19)20)4-7-13(12)17-15/h2-8,17H,1H3. The number of hydrogen-bond acceptors (Lipinski definition) is 4. The molecular weight excluding hydrogens is 431 g/mol. The van der Waals surface area contributed by atoms with E-state index in [0.717, 1.165) is 5.56 Å². The first-order valence-electron chi connectivity index (χ1n) is 6.58. The number of nitro benzene ring substituents is 1. The van der Waals surface area contributed by atoms with Crippen LogP contribution in [0.3, 0.4) is 0 Å². The highest BCUT2D eigenvalue weighted by Gasteiger charge is 2.25. The number of benzene rings is 2. The summed E-state index contributed by atoms with van der Waals surface area (Å²) in [5, 5.41) is 11.5. The van der Waals surface area contributed by atoms with Crippen molar-refractivity contribution >= 4 is 49.0 Å². The molecule has 0 amide bonds. The van der Waals surface area contributed by atoms with Gasteiger partial charge in [0.15, 0.2) is 5.03 Å². The number of halogens is 1. The zero-order valence-electron chi connectivity index (χ0n) is 11.9. The average Bonchev–Trinajstić information content (AvgIpc) is 2.85. The minimum absolute atomic E-state index is 0.0532. The van der Waals surface area contributed by atoms with Gasteiger partial charge >= 0.3 is 0 Å². The van der Waals surface area contributed by atoms with Gasteiger partial charge < -0.3 is 4.98 Å². The Bertz CT molecular complexity index is 1020. The minimum Gasteiger partial charge on any atom is -0.344 e. The molecule has 0 radical (unpaired) electrons. The number of fused-ring (bicyclic) bond motifs is 1. The molecule has 6 nitrogen and oxygen atoms in total. The number of non-ortho nitro benzene ring substituents is 1. The van der Waals surface area contributed by atoms with Gasteiger partial charge in [0.05, 0.1) is 13.4 Å². The number of nitro groups is 1. The average molecular weight is 442 g/mol. The molecule has 23 heavy (non-hydrogen) atoms. The molecule has 0 fully saturated rings. The molecule has 1 heterocycles. The summed E-state index contributed by atoms with van der Waals surface area (Å²) in [7, 11) is -3.71. The van der Waals surface area contributed by atoms with Crippen LogP contribution in [0.15, 0.2) is 52.4 Å². The Morgan fingerprint density at radius 2 is 1.78 bits per heavy atom. The number of rotatable bonds is 3. The van der Waals surface area contributed by atoms with Crippen LogP contribution in [-0.4, -0.2) is 18.3 Å². The zero-order chi connectivity index (χ0) is 16.8. The lowest BCUT2D eigenvalue weighted by atomic mass is 10.2. The van der Waals surface area contributed by atoms with E-state index < -0.39 is 14.8 Å². The van der Waals surface area contributed by atoms with Crippen LogP contribution in [0.4, 0.5) is 5.69 Å². The van der Waals surface area contributed by atoms with E-state index in [1.807, 2.05) is 29.5 Å². The number of H-pyrrole nitrogens is 1. The van der Waals surface area contributed by atoms with Crippen LogP contribution in [0.5, 0.6) is 0 Å². The van der Waals surface area contributed by atoms with Gasteiger partial charge in [0.25, 0.3) is 5.69 Å². The predicted octanol–water partition coefficient (Wildman–Crippen LogP) is 3.82. The molecular formula is C15H11IN2O4S. The van der Waals surface area contributed by atoms with E-state index in [1.54, 1.807) is 24.3 Å². The molecule has 2 aromatic carbocycles. The molecule has 1 aromatic heterocycles. The summed E-state index contributed by atoms with van der Waals surface area (Å²) in [5.41, 5.74) is 1.44. The predicted molar refractivity (Wildman–Crippen MR) is 94.3 cm³/mol. The number of nitrogens with zero attached hydrogens (tertiary/aromatic N) is 1. The first kappa shape index (κ1) is 15.9. The van der Waals surface area contributed by atoms with Gasteiger partial charge in [-0.15, -0.1) is 0 Å². The minimum atomic E-state index is -3.71. The SMILES string of the molecule is Cc1ccc(S(=O)(=O)c2[nH]c3ccc([N+](=O)[O-])cc3c2I)cc1. The van der Waals surface area contributed by atoms with Crippen molar-refractivity contribution in [2.24, 2.45) is 0 Å². The first-order chi connectivity index (χ1) is 10.8. The number of aromatic nitrogens is 1. The number of sulfone groups is 1. The summed E-state index contributed by atoms with van der Waals surface area (Å²) in [6.45, 7) is 1.88. The van der Waals surface area contributed by atoms with Crippen molar-refractivity contribution in [2.45, 2.75) is 16.8 Å². The zero-order valence-corrected chi connectivity index (χ0v) is 14.9. The van der Waals surface area contributed by atoms with Crippen LogP contribution in [-0.2, 0) is 9.84 Å². The Morgan fingerprint density at radius 1 is 1.13 bits per heavy atom. The Morgan fingerprint density at radius 3 is 2.39 bits per heavy atom. The maximum absolute atomic E-state index is 12.8. The van der Waals surface area contributed by atoms with E-state index in [1.165, 1.54) is 18.2 Å². The van der Waals surface area contributed by atoms with Gasteiger partial charge in [0.2, 0.25) is 9.84 Å². The summed E-state index contributed by atoms with van der Waals surface area (Å²) in [5.74, 6) is 0. The Hall–Kier alpha value is -1.94. The van der Waals surface area contributed by atoms with E-state index in [-0.39, 0.29) is 15.6 Å². The summed E-state index contributed by atoms with van der Waals surface area (Å²) in [6.07, 6.45) is 0. The number of aromatic amines is 1. The fourth-order valence-electron chi connectivity index (χ4n) is 2.26. The monoisotopic (exact) mass is 442 g/mol. The molecule has 0 aliphatic carbocycles. The topological polar surface area (TPSA) is 93.1 Å². The molecule has 0 unspecified atom stereocenters. The second kappa shape index (κ2) is 5.60. The Labute approximate surface area is 145 Å². The second-order valence-electron chi connectivity index (χ2n) is 5.07. The van der Waals surface area contributed by atoms with Crippen LogP contribution in [0.1, 0.15) is 5.56 Å². The third kappa shape index (κ3) is 2.72. The summed E-state index contributed by atoms with van der Waals surface area (Å²) in [6, 6.07) is 10.8. The molecule has 0 atom stereocenters. The quantitative estimate of drug-likeness (QED) is 0.379. The van der Waals surface area contributed by atoms with E-state index in [0.29, 0.717) is 14.5 Å². The van der Waals surface area contributed by atoms with Gasteiger partial charge in [-0.25, -0.2) is 8.42 Å². The van der Waals surface area contributed by atoms with Crippen LogP contribution in [0.25, 0.3) is 10.9 Å². The van der Waals surface area contributed by atoms with Gasteiger partial charge in [0, 0.05) is 23.0 Å². The van der Waals surface area contributed by atoms with Gasteiger partial charge in [-0.05, 0) is 47.7 Å².